The first-order valence-corrected chi connectivity index (χ1v) is 7.50. The highest BCUT2D eigenvalue weighted by Crippen LogP contribution is 2.40. The van der Waals surface area contributed by atoms with Crippen LogP contribution in [0.3, 0.4) is 0 Å². The van der Waals surface area contributed by atoms with Crippen molar-refractivity contribution in [2.75, 3.05) is 19.2 Å². The van der Waals surface area contributed by atoms with Crippen LogP contribution < -0.4 is 19.5 Å². The maximum Gasteiger partial charge on any atom is 0.255 e. The number of halogens is 2. The number of methoxy groups -OCH3 is 1. The summed E-state index contributed by atoms with van der Waals surface area (Å²) in [6, 6.07) is 6.51. The van der Waals surface area contributed by atoms with E-state index in [4.69, 9.17) is 37.4 Å². The molecule has 0 unspecified atom stereocenters. The number of ether oxygens (including phenoxy) is 3. The van der Waals surface area contributed by atoms with Gasteiger partial charge < -0.3 is 19.5 Å². The summed E-state index contributed by atoms with van der Waals surface area (Å²) in [5.74, 6) is 1.02. The molecule has 3 rings (SSSR count). The van der Waals surface area contributed by atoms with Crippen molar-refractivity contribution in [2.24, 2.45) is 0 Å². The van der Waals surface area contributed by atoms with Crippen LogP contribution in [-0.4, -0.2) is 19.8 Å². The Labute approximate surface area is 143 Å². The second-order valence-electron chi connectivity index (χ2n) is 4.95. The second kappa shape index (κ2) is 6.18. The second-order valence-corrected chi connectivity index (χ2v) is 5.76. The number of rotatable bonds is 3. The van der Waals surface area contributed by atoms with Crippen LogP contribution in [0, 0.1) is 6.92 Å². The average molecular weight is 354 g/mol. The first-order chi connectivity index (χ1) is 11.0. The highest BCUT2D eigenvalue weighted by atomic mass is 35.5. The molecule has 0 spiro atoms. The maximum atomic E-state index is 12.5. The minimum absolute atomic E-state index is 0.0876. The number of carbonyl (C=O) groups excluding carboxylic acids is 1. The molecule has 5 nitrogen and oxygen atoms in total. The van der Waals surface area contributed by atoms with Crippen LogP contribution in [0.2, 0.25) is 10.0 Å². The zero-order chi connectivity index (χ0) is 16.6. The van der Waals surface area contributed by atoms with Gasteiger partial charge in [0, 0.05) is 16.7 Å². The highest BCUT2D eigenvalue weighted by molar-refractivity contribution is 6.33. The topological polar surface area (TPSA) is 56.8 Å². The van der Waals surface area contributed by atoms with Crippen molar-refractivity contribution in [3.8, 4) is 17.2 Å². The lowest BCUT2D eigenvalue weighted by Gasteiger charge is -2.12. The fourth-order valence-electron chi connectivity index (χ4n) is 2.22. The zero-order valence-corrected chi connectivity index (χ0v) is 13.9. The Balaban J connectivity index is 1.91. The van der Waals surface area contributed by atoms with E-state index in [1.54, 1.807) is 18.2 Å². The molecule has 0 atom stereocenters. The summed E-state index contributed by atoms with van der Waals surface area (Å²) in [6.45, 7) is 1.93. The summed E-state index contributed by atoms with van der Waals surface area (Å²) in [6.07, 6.45) is 0. The van der Waals surface area contributed by atoms with Crippen molar-refractivity contribution in [1.29, 1.82) is 0 Å². The highest BCUT2D eigenvalue weighted by Gasteiger charge is 2.21. The van der Waals surface area contributed by atoms with E-state index in [9.17, 15) is 4.79 Å². The minimum Gasteiger partial charge on any atom is -0.495 e. The number of fused-ring (bicyclic) bond motifs is 1. The van der Waals surface area contributed by atoms with Gasteiger partial charge >= 0.3 is 0 Å². The van der Waals surface area contributed by atoms with Crippen molar-refractivity contribution >= 4 is 34.8 Å². The van der Waals surface area contributed by atoms with Gasteiger partial charge in [0.2, 0.25) is 6.79 Å². The zero-order valence-electron chi connectivity index (χ0n) is 12.4. The maximum absolute atomic E-state index is 12.5. The Morgan fingerprint density at radius 3 is 2.70 bits per heavy atom. The van der Waals surface area contributed by atoms with Crippen molar-refractivity contribution in [3.05, 3.63) is 45.4 Å². The Kier molecular flexibility index (Phi) is 4.24. The molecular formula is C16H13Cl2NO4. The van der Waals surface area contributed by atoms with Crippen LogP contribution in [-0.2, 0) is 0 Å². The summed E-state index contributed by atoms with van der Waals surface area (Å²) >= 11 is 12.2. The van der Waals surface area contributed by atoms with Gasteiger partial charge in [-0.25, -0.2) is 0 Å². The van der Waals surface area contributed by atoms with Gasteiger partial charge in [-0.1, -0.05) is 23.2 Å². The van der Waals surface area contributed by atoms with E-state index in [1.807, 2.05) is 6.92 Å². The molecule has 120 valence electrons. The molecule has 2 aromatic rings. The predicted molar refractivity (Wildman–Crippen MR) is 88.3 cm³/mol. The van der Waals surface area contributed by atoms with E-state index in [-0.39, 0.29) is 12.7 Å². The molecule has 0 radical (unpaired) electrons. The summed E-state index contributed by atoms with van der Waals surface area (Å²) < 4.78 is 15.7. The molecule has 1 aliphatic heterocycles. The summed E-state index contributed by atoms with van der Waals surface area (Å²) in [7, 11) is 1.51. The molecule has 2 aromatic carbocycles. The van der Waals surface area contributed by atoms with Crippen LogP contribution in [0.15, 0.2) is 24.3 Å². The normalized spacial score (nSPS) is 12.2. The molecule has 1 N–H and O–H groups in total. The molecule has 0 fully saturated rings. The number of carbonyl (C=O) groups is 1. The van der Waals surface area contributed by atoms with Gasteiger partial charge in [0.15, 0.2) is 11.5 Å². The number of hydrogen-bond acceptors (Lipinski definition) is 4. The predicted octanol–water partition coefficient (Wildman–Crippen LogP) is 4.29. The van der Waals surface area contributed by atoms with E-state index in [2.05, 4.69) is 5.32 Å². The molecule has 0 bridgehead atoms. The number of amides is 1. The number of hydrogen-bond donors (Lipinski definition) is 1. The summed E-state index contributed by atoms with van der Waals surface area (Å²) in [5.41, 5.74) is 1.70. The Hall–Kier alpha value is -2.11. The lowest BCUT2D eigenvalue weighted by Crippen LogP contribution is -2.13. The quantitative estimate of drug-likeness (QED) is 0.893. The number of aryl methyl sites for hydroxylation is 1. The lowest BCUT2D eigenvalue weighted by atomic mass is 10.1. The molecule has 1 heterocycles. The monoisotopic (exact) mass is 353 g/mol. The molecule has 23 heavy (non-hydrogen) atoms. The third kappa shape index (κ3) is 3.02. The fraction of sp³-hybridized carbons (Fsp3) is 0.188. The molecule has 0 saturated heterocycles. The van der Waals surface area contributed by atoms with Crippen LogP contribution in [0.1, 0.15) is 15.9 Å². The van der Waals surface area contributed by atoms with Crippen molar-refractivity contribution in [1.82, 2.24) is 0 Å². The number of nitrogens with one attached hydrogen (secondary N) is 1. The van der Waals surface area contributed by atoms with Crippen LogP contribution >= 0.6 is 23.2 Å². The van der Waals surface area contributed by atoms with Crippen molar-refractivity contribution in [3.63, 3.8) is 0 Å². The van der Waals surface area contributed by atoms with E-state index in [1.165, 1.54) is 13.2 Å². The van der Waals surface area contributed by atoms with Crippen molar-refractivity contribution in [2.45, 2.75) is 6.92 Å². The SMILES string of the molecule is COc1cc(Cl)c(C)cc1NC(=O)c1cc(Cl)c2c(c1)OCO2. The molecule has 0 aliphatic carbocycles. The van der Waals surface area contributed by atoms with Gasteiger partial charge in [-0.2, -0.15) is 0 Å². The summed E-state index contributed by atoms with van der Waals surface area (Å²) in [5, 5.41) is 3.67. The van der Waals surface area contributed by atoms with Crippen molar-refractivity contribution < 1.29 is 19.0 Å². The van der Waals surface area contributed by atoms with Gasteiger partial charge in [0.1, 0.15) is 5.75 Å². The van der Waals surface area contributed by atoms with Crippen LogP contribution in [0.25, 0.3) is 0 Å². The Bertz CT molecular complexity index is 792. The van der Waals surface area contributed by atoms with E-state index >= 15 is 0 Å². The third-order valence-electron chi connectivity index (χ3n) is 3.42. The minimum atomic E-state index is -0.342. The Morgan fingerprint density at radius 1 is 1.17 bits per heavy atom. The molecule has 1 aliphatic rings. The lowest BCUT2D eigenvalue weighted by molar-refractivity contribution is 0.102. The number of benzene rings is 2. The van der Waals surface area contributed by atoms with Gasteiger partial charge in [-0.05, 0) is 30.7 Å². The first kappa shape index (κ1) is 15.8. The third-order valence-corrected chi connectivity index (χ3v) is 4.11. The van der Waals surface area contributed by atoms with E-state index in [0.29, 0.717) is 38.5 Å². The summed E-state index contributed by atoms with van der Waals surface area (Å²) in [4.78, 5) is 12.5. The van der Waals surface area contributed by atoms with Gasteiger partial charge in [0.05, 0.1) is 17.8 Å². The van der Waals surface area contributed by atoms with Gasteiger partial charge in [-0.3, -0.25) is 4.79 Å². The molecule has 7 heteroatoms. The fourth-order valence-corrected chi connectivity index (χ4v) is 2.64. The standard InChI is InChI=1S/C16H13Cl2NO4/c1-8-3-12(13(21-2)6-10(8)17)19-16(20)9-4-11(18)15-14(5-9)22-7-23-15/h3-6H,7H2,1-2H3,(H,19,20). The molecule has 1 amide bonds. The van der Waals surface area contributed by atoms with Gasteiger partial charge in [-0.15, -0.1) is 0 Å². The molecule has 0 aromatic heterocycles. The largest absolute Gasteiger partial charge is 0.495 e. The smallest absolute Gasteiger partial charge is 0.255 e. The average Bonchev–Trinajstić information content (AvgIpc) is 2.99. The van der Waals surface area contributed by atoms with Crippen LogP contribution in [0.5, 0.6) is 17.2 Å². The molecular weight excluding hydrogens is 341 g/mol. The number of anilines is 1. The van der Waals surface area contributed by atoms with E-state index in [0.717, 1.165) is 5.56 Å². The Morgan fingerprint density at radius 2 is 1.96 bits per heavy atom. The van der Waals surface area contributed by atoms with E-state index < -0.39 is 0 Å². The van der Waals surface area contributed by atoms with Crippen LogP contribution in [0.4, 0.5) is 5.69 Å². The van der Waals surface area contributed by atoms with Gasteiger partial charge in [0.25, 0.3) is 5.91 Å². The molecule has 0 saturated carbocycles. The first-order valence-electron chi connectivity index (χ1n) is 6.74.